The molecule has 0 radical (unpaired) electrons. The standard InChI is InChI=1S/C23H24N4O3/c1-3-17-8-10-18(11-9-17)14-27-22(12-13-24-27)25-23(29)21-15-26(16(2)28)19-6-4-5-7-20(19)30-21/h4-13,21H,3,14-15H2,1-2H3,(H,25,29). The van der Waals surface area contributed by atoms with Gasteiger partial charge in [0.25, 0.3) is 5.91 Å². The summed E-state index contributed by atoms with van der Waals surface area (Å²) >= 11 is 0. The number of hydrogen-bond donors (Lipinski definition) is 1. The van der Waals surface area contributed by atoms with E-state index in [4.69, 9.17) is 4.74 Å². The quantitative estimate of drug-likeness (QED) is 0.708. The lowest BCUT2D eigenvalue weighted by Crippen LogP contribution is -2.48. The minimum absolute atomic E-state index is 0.135. The van der Waals surface area contributed by atoms with Crippen LogP contribution in [-0.2, 0) is 22.6 Å². The number of para-hydroxylation sites is 2. The first kappa shape index (κ1) is 19.7. The second-order valence-corrected chi connectivity index (χ2v) is 7.24. The van der Waals surface area contributed by atoms with Crippen LogP contribution in [0.5, 0.6) is 5.75 Å². The Labute approximate surface area is 175 Å². The second-order valence-electron chi connectivity index (χ2n) is 7.24. The highest BCUT2D eigenvalue weighted by molar-refractivity contribution is 5.99. The molecule has 1 aliphatic rings. The summed E-state index contributed by atoms with van der Waals surface area (Å²) in [5, 5.41) is 7.22. The fourth-order valence-corrected chi connectivity index (χ4v) is 3.49. The van der Waals surface area contributed by atoms with Crippen LogP contribution in [0, 0.1) is 0 Å². The van der Waals surface area contributed by atoms with Gasteiger partial charge in [0, 0.05) is 13.0 Å². The van der Waals surface area contributed by atoms with Crippen LogP contribution >= 0.6 is 0 Å². The van der Waals surface area contributed by atoms with Gasteiger partial charge in [-0.15, -0.1) is 0 Å². The number of anilines is 2. The Bertz CT molecular complexity index is 1060. The molecule has 2 heterocycles. The van der Waals surface area contributed by atoms with E-state index >= 15 is 0 Å². The van der Waals surface area contributed by atoms with Crippen LogP contribution in [-0.4, -0.2) is 34.2 Å². The molecule has 0 saturated heterocycles. The zero-order valence-electron chi connectivity index (χ0n) is 17.0. The van der Waals surface area contributed by atoms with Crippen molar-refractivity contribution in [2.24, 2.45) is 0 Å². The maximum atomic E-state index is 12.9. The van der Waals surface area contributed by atoms with E-state index in [1.54, 1.807) is 27.9 Å². The summed E-state index contributed by atoms with van der Waals surface area (Å²) in [5.41, 5.74) is 3.05. The number of rotatable bonds is 5. The number of nitrogens with one attached hydrogen (secondary N) is 1. The normalized spacial score (nSPS) is 15.3. The topological polar surface area (TPSA) is 76.5 Å². The van der Waals surface area contributed by atoms with E-state index in [1.807, 2.05) is 18.2 Å². The van der Waals surface area contributed by atoms with Gasteiger partial charge in [0.2, 0.25) is 5.91 Å². The smallest absolute Gasteiger partial charge is 0.268 e. The molecule has 0 spiro atoms. The third-order valence-corrected chi connectivity index (χ3v) is 5.18. The van der Waals surface area contributed by atoms with Crippen molar-refractivity contribution in [2.75, 3.05) is 16.8 Å². The lowest BCUT2D eigenvalue weighted by Gasteiger charge is -2.33. The average molecular weight is 404 g/mol. The fourth-order valence-electron chi connectivity index (χ4n) is 3.49. The van der Waals surface area contributed by atoms with E-state index in [0.717, 1.165) is 12.0 Å². The van der Waals surface area contributed by atoms with E-state index in [0.29, 0.717) is 23.8 Å². The maximum Gasteiger partial charge on any atom is 0.268 e. The van der Waals surface area contributed by atoms with Crippen LogP contribution in [0.4, 0.5) is 11.5 Å². The molecule has 4 rings (SSSR count). The lowest BCUT2D eigenvalue weighted by atomic mass is 10.1. The summed E-state index contributed by atoms with van der Waals surface area (Å²) in [6.45, 7) is 4.30. The highest BCUT2D eigenvalue weighted by Crippen LogP contribution is 2.33. The molecule has 0 saturated carbocycles. The molecule has 0 fully saturated rings. The molecular weight excluding hydrogens is 380 g/mol. The van der Waals surface area contributed by atoms with E-state index in [9.17, 15) is 9.59 Å². The van der Waals surface area contributed by atoms with Crippen molar-refractivity contribution < 1.29 is 14.3 Å². The maximum absolute atomic E-state index is 12.9. The van der Waals surface area contributed by atoms with Gasteiger partial charge >= 0.3 is 0 Å². The average Bonchev–Trinajstić information content (AvgIpc) is 3.19. The molecule has 1 N–H and O–H groups in total. The van der Waals surface area contributed by atoms with E-state index < -0.39 is 6.10 Å². The van der Waals surface area contributed by atoms with Crippen molar-refractivity contribution in [1.29, 1.82) is 0 Å². The summed E-state index contributed by atoms with van der Waals surface area (Å²) in [5.74, 6) is 0.642. The zero-order chi connectivity index (χ0) is 21.1. The summed E-state index contributed by atoms with van der Waals surface area (Å²) in [4.78, 5) is 26.6. The molecule has 7 heteroatoms. The fraction of sp³-hybridized carbons (Fsp3) is 0.261. The van der Waals surface area contributed by atoms with Crippen molar-refractivity contribution >= 4 is 23.3 Å². The number of nitrogens with zero attached hydrogens (tertiary/aromatic N) is 3. The highest BCUT2D eigenvalue weighted by Gasteiger charge is 2.32. The molecule has 154 valence electrons. The van der Waals surface area contributed by atoms with Crippen LogP contribution < -0.4 is 15.0 Å². The molecule has 0 bridgehead atoms. The van der Waals surface area contributed by atoms with Crippen LogP contribution in [0.25, 0.3) is 0 Å². The van der Waals surface area contributed by atoms with Gasteiger partial charge in [0.05, 0.1) is 25.0 Å². The number of ether oxygens (including phenoxy) is 1. The Hall–Kier alpha value is -3.61. The zero-order valence-corrected chi connectivity index (χ0v) is 17.0. The predicted molar refractivity (Wildman–Crippen MR) is 115 cm³/mol. The summed E-state index contributed by atoms with van der Waals surface area (Å²) in [7, 11) is 0. The number of fused-ring (bicyclic) bond motifs is 1. The molecule has 1 aromatic heterocycles. The summed E-state index contributed by atoms with van der Waals surface area (Å²) in [6, 6.07) is 17.3. The summed E-state index contributed by atoms with van der Waals surface area (Å²) < 4.78 is 7.61. The number of carbonyl (C=O) groups is 2. The van der Waals surface area contributed by atoms with Gasteiger partial charge in [-0.2, -0.15) is 5.10 Å². The molecule has 0 aliphatic carbocycles. The van der Waals surface area contributed by atoms with Crippen LogP contribution in [0.2, 0.25) is 0 Å². The largest absolute Gasteiger partial charge is 0.476 e. The number of carbonyl (C=O) groups excluding carboxylic acids is 2. The minimum Gasteiger partial charge on any atom is -0.476 e. The first-order valence-electron chi connectivity index (χ1n) is 9.99. The highest BCUT2D eigenvalue weighted by atomic mass is 16.5. The molecule has 30 heavy (non-hydrogen) atoms. The van der Waals surface area contributed by atoms with Crippen molar-refractivity contribution in [2.45, 2.75) is 32.9 Å². The van der Waals surface area contributed by atoms with E-state index in [2.05, 4.69) is 41.6 Å². The Morgan fingerprint density at radius 2 is 1.83 bits per heavy atom. The van der Waals surface area contributed by atoms with Crippen LogP contribution in [0.15, 0.2) is 60.8 Å². The van der Waals surface area contributed by atoms with Crippen molar-refractivity contribution in [3.05, 3.63) is 71.9 Å². The van der Waals surface area contributed by atoms with Crippen LogP contribution in [0.3, 0.4) is 0 Å². The molecular formula is C23H24N4O3. The third-order valence-electron chi connectivity index (χ3n) is 5.18. The van der Waals surface area contributed by atoms with E-state index in [-0.39, 0.29) is 18.4 Å². The van der Waals surface area contributed by atoms with Gasteiger partial charge in [-0.05, 0) is 29.7 Å². The number of aryl methyl sites for hydroxylation is 1. The first-order valence-corrected chi connectivity index (χ1v) is 9.99. The number of amides is 2. The van der Waals surface area contributed by atoms with Gasteiger partial charge in [-0.1, -0.05) is 43.3 Å². The molecule has 1 atom stereocenters. The lowest BCUT2D eigenvalue weighted by molar-refractivity contribution is -0.123. The number of hydrogen-bond acceptors (Lipinski definition) is 4. The molecule has 2 aromatic carbocycles. The van der Waals surface area contributed by atoms with Gasteiger partial charge in [-0.3, -0.25) is 9.59 Å². The molecule has 3 aromatic rings. The van der Waals surface area contributed by atoms with Gasteiger partial charge in [0.1, 0.15) is 11.6 Å². The second kappa shape index (κ2) is 8.41. The van der Waals surface area contributed by atoms with Crippen molar-refractivity contribution in [3.8, 4) is 5.75 Å². The van der Waals surface area contributed by atoms with Crippen molar-refractivity contribution in [1.82, 2.24) is 9.78 Å². The third kappa shape index (κ3) is 4.05. The van der Waals surface area contributed by atoms with Gasteiger partial charge in [0.15, 0.2) is 6.10 Å². The number of aromatic nitrogens is 2. The first-order chi connectivity index (χ1) is 14.5. The van der Waals surface area contributed by atoms with Gasteiger partial charge in [-0.25, -0.2) is 4.68 Å². The van der Waals surface area contributed by atoms with Crippen molar-refractivity contribution in [3.63, 3.8) is 0 Å². The predicted octanol–water partition coefficient (Wildman–Crippen LogP) is 3.25. The Balaban J connectivity index is 1.48. The molecule has 1 unspecified atom stereocenters. The molecule has 2 amide bonds. The Morgan fingerprint density at radius 1 is 1.10 bits per heavy atom. The Morgan fingerprint density at radius 3 is 2.57 bits per heavy atom. The monoisotopic (exact) mass is 404 g/mol. The van der Waals surface area contributed by atoms with E-state index in [1.165, 1.54) is 12.5 Å². The molecule has 1 aliphatic heterocycles. The van der Waals surface area contributed by atoms with Crippen LogP contribution in [0.1, 0.15) is 25.0 Å². The number of benzene rings is 2. The summed E-state index contributed by atoms with van der Waals surface area (Å²) in [6.07, 6.45) is 1.83. The van der Waals surface area contributed by atoms with Gasteiger partial charge < -0.3 is 15.0 Å². The SMILES string of the molecule is CCc1ccc(Cn2nccc2NC(=O)C2CN(C(C)=O)c3ccccc3O2)cc1. The molecule has 7 nitrogen and oxygen atoms in total. The Kier molecular flexibility index (Phi) is 5.52. The minimum atomic E-state index is -0.809.